The Morgan fingerprint density at radius 1 is 1.16 bits per heavy atom. The third kappa shape index (κ3) is 5.77. The van der Waals surface area contributed by atoms with Crippen LogP contribution in [0, 0.1) is 17.8 Å². The molecular weight excluding hydrogens is 600 g/mol. The molecule has 0 saturated heterocycles. The minimum Gasteiger partial charge on any atom is -0.490 e. The number of ether oxygens (including phenoxy) is 1. The van der Waals surface area contributed by atoms with E-state index >= 15 is 0 Å². The minimum absolute atomic E-state index is 0.0669. The van der Waals surface area contributed by atoms with Crippen LogP contribution in [0.3, 0.4) is 0 Å². The number of amides is 1. The second kappa shape index (κ2) is 12.0. The van der Waals surface area contributed by atoms with Gasteiger partial charge in [-0.3, -0.25) is 4.79 Å². The third-order valence-electron chi connectivity index (χ3n) is 10.8. The van der Waals surface area contributed by atoms with Crippen LogP contribution >= 0.6 is 11.6 Å². The first-order chi connectivity index (χ1) is 20.9. The van der Waals surface area contributed by atoms with Gasteiger partial charge in [-0.1, -0.05) is 36.7 Å². The van der Waals surface area contributed by atoms with Crippen LogP contribution < -0.4 is 14.4 Å². The molecule has 44 heavy (non-hydrogen) atoms. The number of allylic oxidation sites excluding steroid dienone is 1. The zero-order valence-corrected chi connectivity index (χ0v) is 27.0. The number of nitrogens with zero attached hydrogens (tertiary/aromatic N) is 1. The summed E-state index contributed by atoms with van der Waals surface area (Å²) < 4.78 is 35.4. The molecule has 1 amide bonds. The fourth-order valence-electron chi connectivity index (χ4n) is 7.82. The Hall–Kier alpha value is -2.59. The van der Waals surface area contributed by atoms with Crippen LogP contribution in [0.1, 0.15) is 73.9 Å². The number of nitrogens with one attached hydrogen (secondary N) is 1. The van der Waals surface area contributed by atoms with Crippen LogP contribution in [0.5, 0.6) is 5.75 Å². The van der Waals surface area contributed by atoms with Crippen LogP contribution in [0.25, 0.3) is 0 Å². The summed E-state index contributed by atoms with van der Waals surface area (Å²) in [6, 6.07) is 11.3. The number of aliphatic hydroxyl groups is 2. The van der Waals surface area contributed by atoms with Gasteiger partial charge in [-0.2, -0.15) is 0 Å². The molecule has 2 aromatic carbocycles. The van der Waals surface area contributed by atoms with Crippen molar-refractivity contribution in [2.75, 3.05) is 31.2 Å². The number of fused-ring (bicyclic) bond motifs is 4. The number of aryl methyl sites for hydroxylation is 1. The number of benzene rings is 2. The molecule has 1 saturated carbocycles. The average Bonchev–Trinajstić information content (AvgIpc) is 3.11. The summed E-state index contributed by atoms with van der Waals surface area (Å²) in [5.41, 5.74) is 1.94. The van der Waals surface area contributed by atoms with Crippen LogP contribution in [-0.4, -0.2) is 61.7 Å². The van der Waals surface area contributed by atoms with Crippen LogP contribution in [-0.2, 0) is 21.9 Å². The van der Waals surface area contributed by atoms with Crippen molar-refractivity contribution in [3.05, 3.63) is 70.3 Å². The number of anilines is 1. The quantitative estimate of drug-likeness (QED) is 0.395. The smallest absolute Gasteiger partial charge is 0.264 e. The van der Waals surface area contributed by atoms with Crippen molar-refractivity contribution >= 4 is 33.2 Å². The number of carbonyl (C=O) groups excluding carboxylic acids is 1. The van der Waals surface area contributed by atoms with E-state index in [1.54, 1.807) is 31.2 Å². The van der Waals surface area contributed by atoms with E-state index in [1.165, 1.54) is 11.1 Å². The molecular formula is C34H43ClN2O6S. The summed E-state index contributed by atoms with van der Waals surface area (Å²) in [6.45, 7) is 5.01. The maximum absolute atomic E-state index is 13.4. The molecule has 6 atom stereocenters. The maximum atomic E-state index is 13.4. The van der Waals surface area contributed by atoms with Gasteiger partial charge in [0.2, 0.25) is 10.0 Å². The van der Waals surface area contributed by atoms with Crippen molar-refractivity contribution in [1.29, 1.82) is 0 Å². The van der Waals surface area contributed by atoms with E-state index in [0.717, 1.165) is 37.8 Å². The molecule has 2 bridgehead atoms. The lowest BCUT2D eigenvalue weighted by Crippen LogP contribution is -2.52. The lowest BCUT2D eigenvalue weighted by molar-refractivity contribution is -0.0583. The number of hydrogen-bond acceptors (Lipinski definition) is 7. The standard InChI is InChI=1S/C34H43ClN2O6S/c1-22-5-3-14-34(40,15-16-38)29-10-7-26(29)19-37-20-33(13-4-6-24-17-27(35)9-11-28(24)33)21-43-31-12-8-25(18-30(31)37)32(39)36-44(41,42)23(22)2/h3,8-9,11-12,14,17-18,22-23,26,29,38,40H,4-7,10,13,15-16,19-21H2,1-2H3,(H,36,39)/b14-3+/t22-,23+,26-,29+,33-,34?/m0/s1. The molecule has 1 spiro atoms. The zero-order chi connectivity index (χ0) is 31.3. The molecule has 1 fully saturated rings. The van der Waals surface area contributed by atoms with Gasteiger partial charge in [-0.25, -0.2) is 13.1 Å². The summed E-state index contributed by atoms with van der Waals surface area (Å²) in [5.74, 6) is -0.241. The predicted octanol–water partition coefficient (Wildman–Crippen LogP) is 5.00. The summed E-state index contributed by atoms with van der Waals surface area (Å²) in [5, 5.41) is 21.7. The normalized spacial score (nSPS) is 34.0. The van der Waals surface area contributed by atoms with E-state index in [4.69, 9.17) is 16.3 Å². The minimum atomic E-state index is -3.98. The molecule has 4 aliphatic rings. The van der Waals surface area contributed by atoms with E-state index < -0.39 is 26.8 Å². The molecule has 3 N–H and O–H groups in total. The lowest BCUT2D eigenvalue weighted by atomic mass is 9.63. The summed E-state index contributed by atoms with van der Waals surface area (Å²) >= 11 is 6.40. The lowest BCUT2D eigenvalue weighted by Gasteiger charge is -2.49. The van der Waals surface area contributed by atoms with E-state index in [2.05, 4.69) is 21.8 Å². The van der Waals surface area contributed by atoms with Gasteiger partial charge < -0.3 is 19.8 Å². The molecule has 0 radical (unpaired) electrons. The Morgan fingerprint density at radius 3 is 2.73 bits per heavy atom. The number of sulfonamides is 1. The van der Waals surface area contributed by atoms with Gasteiger partial charge in [-0.15, -0.1) is 0 Å². The second-order valence-electron chi connectivity index (χ2n) is 13.5. The highest BCUT2D eigenvalue weighted by atomic mass is 35.5. The predicted molar refractivity (Wildman–Crippen MR) is 172 cm³/mol. The fourth-order valence-corrected chi connectivity index (χ4v) is 9.30. The average molecular weight is 643 g/mol. The fraction of sp³-hybridized carbons (Fsp3) is 0.559. The molecule has 2 aliphatic carbocycles. The largest absolute Gasteiger partial charge is 0.490 e. The van der Waals surface area contributed by atoms with Crippen molar-refractivity contribution < 1.29 is 28.2 Å². The Labute approximate surface area is 265 Å². The Kier molecular flexibility index (Phi) is 8.54. The van der Waals surface area contributed by atoms with E-state index in [-0.39, 0.29) is 41.8 Å². The first kappa shape index (κ1) is 31.4. The Morgan fingerprint density at radius 2 is 1.98 bits per heavy atom. The molecule has 0 aromatic heterocycles. The van der Waals surface area contributed by atoms with Gasteiger partial charge in [0.1, 0.15) is 5.75 Å². The molecule has 2 aromatic rings. The van der Waals surface area contributed by atoms with E-state index in [1.807, 2.05) is 19.1 Å². The molecule has 238 valence electrons. The van der Waals surface area contributed by atoms with Crippen molar-refractivity contribution in [2.24, 2.45) is 17.8 Å². The zero-order valence-electron chi connectivity index (χ0n) is 25.5. The molecule has 10 heteroatoms. The van der Waals surface area contributed by atoms with Crippen molar-refractivity contribution in [3.63, 3.8) is 0 Å². The third-order valence-corrected chi connectivity index (χ3v) is 12.9. The Bertz CT molecular complexity index is 1560. The van der Waals surface area contributed by atoms with E-state index in [9.17, 15) is 23.4 Å². The highest BCUT2D eigenvalue weighted by Crippen LogP contribution is 2.49. The summed E-state index contributed by atoms with van der Waals surface area (Å²) in [7, 11) is -3.98. The monoisotopic (exact) mass is 642 g/mol. The van der Waals surface area contributed by atoms with Crippen LogP contribution in [0.2, 0.25) is 5.02 Å². The van der Waals surface area contributed by atoms with Gasteiger partial charge in [0.25, 0.3) is 5.91 Å². The molecule has 2 aliphatic heterocycles. The number of aliphatic hydroxyl groups excluding tert-OH is 1. The van der Waals surface area contributed by atoms with Crippen LogP contribution in [0.15, 0.2) is 48.6 Å². The van der Waals surface area contributed by atoms with Gasteiger partial charge in [0.15, 0.2) is 0 Å². The SMILES string of the molecule is C[C@@H]1[C@@H](C)C/C=C/C(O)(CCO)[C@@H]2CC[C@H]2CN2C[C@@]3(CCCc4cc(Cl)ccc43)COc3ccc(cc32)C(=O)NS1(=O)=O. The van der Waals surface area contributed by atoms with Gasteiger partial charge in [0, 0.05) is 42.1 Å². The molecule has 6 rings (SSSR count). The summed E-state index contributed by atoms with van der Waals surface area (Å²) in [4.78, 5) is 15.7. The number of hydrogen-bond donors (Lipinski definition) is 3. The van der Waals surface area contributed by atoms with Gasteiger partial charge in [-0.05, 0) is 105 Å². The highest BCUT2D eigenvalue weighted by Gasteiger charge is 2.48. The topological polar surface area (TPSA) is 116 Å². The van der Waals surface area contributed by atoms with E-state index in [0.29, 0.717) is 36.9 Å². The first-order valence-electron chi connectivity index (χ1n) is 15.8. The van der Waals surface area contributed by atoms with Crippen molar-refractivity contribution in [3.8, 4) is 5.75 Å². The van der Waals surface area contributed by atoms with Gasteiger partial charge >= 0.3 is 0 Å². The first-order valence-corrected chi connectivity index (χ1v) is 17.7. The number of halogens is 1. The maximum Gasteiger partial charge on any atom is 0.264 e. The number of carbonyl (C=O) groups is 1. The van der Waals surface area contributed by atoms with Crippen molar-refractivity contribution in [1.82, 2.24) is 4.72 Å². The Balaban J connectivity index is 1.45. The molecule has 8 nitrogen and oxygen atoms in total. The second-order valence-corrected chi connectivity index (χ2v) is 16.0. The molecule has 1 unspecified atom stereocenters. The summed E-state index contributed by atoms with van der Waals surface area (Å²) in [6.07, 6.45) is 8.89. The van der Waals surface area contributed by atoms with Crippen LogP contribution in [0.4, 0.5) is 5.69 Å². The van der Waals surface area contributed by atoms with Gasteiger partial charge in [0.05, 0.1) is 23.1 Å². The van der Waals surface area contributed by atoms with Crippen molar-refractivity contribution in [2.45, 2.75) is 75.1 Å². The molecule has 2 heterocycles. The highest BCUT2D eigenvalue weighted by molar-refractivity contribution is 7.90. The number of rotatable bonds is 2.